The minimum atomic E-state index is 0.636. The Hall–Kier alpha value is -1.38. The van der Waals surface area contributed by atoms with Gasteiger partial charge in [0.2, 0.25) is 0 Å². The highest BCUT2D eigenvalue weighted by Crippen LogP contribution is 2.30. The van der Waals surface area contributed by atoms with Gasteiger partial charge in [-0.2, -0.15) is 10.2 Å². The second-order valence-corrected chi connectivity index (χ2v) is 6.01. The van der Waals surface area contributed by atoms with E-state index in [4.69, 9.17) is 0 Å². The summed E-state index contributed by atoms with van der Waals surface area (Å²) in [5.41, 5.74) is 3.61. The molecule has 1 aliphatic heterocycles. The van der Waals surface area contributed by atoms with E-state index in [-0.39, 0.29) is 0 Å². The van der Waals surface area contributed by atoms with Gasteiger partial charge >= 0.3 is 0 Å². The topological polar surface area (TPSA) is 36.8 Å². The number of benzene rings is 1. The Kier molecular flexibility index (Phi) is 3.81. The summed E-state index contributed by atoms with van der Waals surface area (Å²) in [6, 6.07) is 7.23. The van der Waals surface area contributed by atoms with E-state index < -0.39 is 0 Å². The number of rotatable bonds is 2. The Morgan fingerprint density at radius 1 is 1.16 bits per heavy atom. The average Bonchev–Trinajstić information content (AvgIpc) is 2.66. The molecular weight excluding hydrogens is 234 g/mol. The lowest BCUT2D eigenvalue weighted by molar-refractivity contribution is 0.361. The molecule has 1 aromatic carbocycles. The first-order chi connectivity index (χ1) is 9.31. The van der Waals surface area contributed by atoms with Crippen LogP contribution in [0.3, 0.4) is 0 Å². The highest BCUT2D eigenvalue weighted by Gasteiger charge is 2.18. The van der Waals surface area contributed by atoms with Crippen molar-refractivity contribution < 1.29 is 0 Å². The minimum absolute atomic E-state index is 0.636. The van der Waals surface area contributed by atoms with Gasteiger partial charge in [-0.1, -0.05) is 13.0 Å². The van der Waals surface area contributed by atoms with Gasteiger partial charge in [0.15, 0.2) is 0 Å². The highest BCUT2D eigenvalue weighted by molar-refractivity contribution is 5.58. The van der Waals surface area contributed by atoms with Crippen molar-refractivity contribution in [1.82, 2.24) is 0 Å². The first-order valence-corrected chi connectivity index (χ1v) is 7.58. The summed E-state index contributed by atoms with van der Waals surface area (Å²) in [6.45, 7) is 3.22. The van der Waals surface area contributed by atoms with E-state index in [0.717, 1.165) is 31.0 Å². The van der Waals surface area contributed by atoms with E-state index >= 15 is 0 Å². The van der Waals surface area contributed by atoms with Crippen molar-refractivity contribution in [1.29, 1.82) is 0 Å². The lowest BCUT2D eigenvalue weighted by Gasteiger charge is -2.27. The first kappa shape index (κ1) is 12.6. The fraction of sp³-hybridized carbons (Fsp3) is 0.625. The van der Waals surface area contributed by atoms with Crippen LogP contribution in [-0.4, -0.2) is 12.6 Å². The van der Waals surface area contributed by atoms with Crippen molar-refractivity contribution in [2.75, 3.05) is 11.9 Å². The van der Waals surface area contributed by atoms with Crippen molar-refractivity contribution in [2.45, 2.75) is 51.5 Å². The number of azo groups is 1. The molecule has 0 unspecified atom stereocenters. The van der Waals surface area contributed by atoms with Crippen molar-refractivity contribution in [3.05, 3.63) is 23.8 Å². The van der Waals surface area contributed by atoms with E-state index in [2.05, 4.69) is 40.7 Å². The predicted molar refractivity (Wildman–Crippen MR) is 79.2 cm³/mol. The second-order valence-electron chi connectivity index (χ2n) is 6.01. The molecule has 3 heteroatoms. The third kappa shape index (κ3) is 3.14. The molecule has 0 spiro atoms. The first-order valence-electron chi connectivity index (χ1n) is 7.58. The summed E-state index contributed by atoms with van der Waals surface area (Å²) in [4.78, 5) is 0. The van der Waals surface area contributed by atoms with Crippen LogP contribution < -0.4 is 5.32 Å². The number of hydrogen-bond donors (Lipinski definition) is 1. The fourth-order valence-corrected chi connectivity index (χ4v) is 3.06. The molecule has 3 rings (SSSR count). The van der Waals surface area contributed by atoms with Crippen molar-refractivity contribution >= 4 is 11.4 Å². The molecular formula is C16H23N3. The van der Waals surface area contributed by atoms with E-state index in [1.807, 2.05) is 0 Å². The lowest BCUT2D eigenvalue weighted by Crippen LogP contribution is -2.25. The number of anilines is 1. The van der Waals surface area contributed by atoms with E-state index in [1.165, 1.54) is 36.9 Å². The maximum Gasteiger partial charge on any atom is 0.0905 e. The lowest BCUT2D eigenvalue weighted by atomic mass is 9.87. The average molecular weight is 257 g/mol. The smallest absolute Gasteiger partial charge is 0.0905 e. The molecule has 0 radical (unpaired) electrons. The summed E-state index contributed by atoms with van der Waals surface area (Å²) in [7, 11) is 0. The normalized spacial score (nSPS) is 26.6. The van der Waals surface area contributed by atoms with Crippen LogP contribution in [0.4, 0.5) is 11.4 Å². The van der Waals surface area contributed by atoms with Gasteiger partial charge in [-0.15, -0.1) is 0 Å². The zero-order chi connectivity index (χ0) is 13.1. The fourth-order valence-electron chi connectivity index (χ4n) is 3.06. The maximum atomic E-state index is 4.34. The Labute approximate surface area is 115 Å². The van der Waals surface area contributed by atoms with Gasteiger partial charge in [0, 0.05) is 11.7 Å². The standard InChI is InChI=1S/C16H23N3/c1-12-4-7-14(8-5-12)18-15-9-6-13-3-2-10-17-19-16(13)11-15/h6,9,11-12,14,18H,2-5,7-8,10H2,1H3. The zero-order valence-corrected chi connectivity index (χ0v) is 11.7. The molecule has 1 saturated carbocycles. The monoisotopic (exact) mass is 257 g/mol. The summed E-state index contributed by atoms with van der Waals surface area (Å²) < 4.78 is 0. The number of nitrogens with one attached hydrogen (secondary N) is 1. The van der Waals surface area contributed by atoms with Crippen LogP contribution >= 0.6 is 0 Å². The van der Waals surface area contributed by atoms with Crippen LogP contribution in [0.2, 0.25) is 0 Å². The minimum Gasteiger partial charge on any atom is -0.382 e. The van der Waals surface area contributed by atoms with Gasteiger partial charge in [-0.3, -0.25) is 0 Å². The molecule has 1 fully saturated rings. The molecule has 0 saturated heterocycles. The van der Waals surface area contributed by atoms with Crippen molar-refractivity contribution in [3.8, 4) is 0 Å². The zero-order valence-electron chi connectivity index (χ0n) is 11.7. The molecule has 3 nitrogen and oxygen atoms in total. The maximum absolute atomic E-state index is 4.34. The summed E-state index contributed by atoms with van der Waals surface area (Å²) in [5.74, 6) is 0.902. The largest absolute Gasteiger partial charge is 0.382 e. The molecule has 19 heavy (non-hydrogen) atoms. The molecule has 102 valence electrons. The van der Waals surface area contributed by atoms with E-state index in [9.17, 15) is 0 Å². The molecule has 1 aliphatic carbocycles. The van der Waals surface area contributed by atoms with Gasteiger partial charge < -0.3 is 5.32 Å². The van der Waals surface area contributed by atoms with Crippen LogP contribution in [0.15, 0.2) is 28.4 Å². The second kappa shape index (κ2) is 5.72. The Bertz CT molecular complexity index is 459. The Morgan fingerprint density at radius 3 is 2.84 bits per heavy atom. The summed E-state index contributed by atoms with van der Waals surface area (Å²) in [5, 5.41) is 12.2. The van der Waals surface area contributed by atoms with Crippen molar-refractivity contribution in [3.63, 3.8) is 0 Å². The van der Waals surface area contributed by atoms with E-state index in [1.54, 1.807) is 0 Å². The SMILES string of the molecule is CC1CCC(Nc2ccc3c(c2)N=NCCC3)CC1. The van der Waals surface area contributed by atoms with Crippen LogP contribution in [0.25, 0.3) is 0 Å². The molecule has 0 bridgehead atoms. The number of fused-ring (bicyclic) bond motifs is 1. The summed E-state index contributed by atoms with van der Waals surface area (Å²) >= 11 is 0. The number of aryl methyl sites for hydroxylation is 1. The van der Waals surface area contributed by atoms with E-state index in [0.29, 0.717) is 6.04 Å². The third-order valence-electron chi connectivity index (χ3n) is 4.35. The molecule has 0 aromatic heterocycles. The van der Waals surface area contributed by atoms with Gasteiger partial charge in [0.25, 0.3) is 0 Å². The molecule has 0 amide bonds. The number of hydrogen-bond acceptors (Lipinski definition) is 3. The molecule has 1 aromatic rings. The van der Waals surface area contributed by atoms with Gasteiger partial charge in [0.05, 0.1) is 12.2 Å². The predicted octanol–water partition coefficient (Wildman–Crippen LogP) is 4.71. The molecule has 1 N–H and O–H groups in total. The van der Waals surface area contributed by atoms with Crippen LogP contribution in [0, 0.1) is 5.92 Å². The summed E-state index contributed by atoms with van der Waals surface area (Å²) in [6.07, 6.45) is 7.50. The van der Waals surface area contributed by atoms with Gasteiger partial charge in [-0.05, 0) is 62.1 Å². The number of nitrogens with zero attached hydrogens (tertiary/aromatic N) is 2. The quantitative estimate of drug-likeness (QED) is 0.818. The molecule has 0 atom stereocenters. The highest BCUT2D eigenvalue weighted by atomic mass is 15.1. The van der Waals surface area contributed by atoms with Crippen LogP contribution in [-0.2, 0) is 6.42 Å². The van der Waals surface area contributed by atoms with Gasteiger partial charge in [-0.25, -0.2) is 0 Å². The van der Waals surface area contributed by atoms with Crippen molar-refractivity contribution in [2.24, 2.45) is 16.1 Å². The van der Waals surface area contributed by atoms with Gasteiger partial charge in [0.1, 0.15) is 0 Å². The third-order valence-corrected chi connectivity index (χ3v) is 4.35. The molecule has 2 aliphatic rings. The Morgan fingerprint density at radius 2 is 2.00 bits per heavy atom. The Balaban J connectivity index is 1.70. The van der Waals surface area contributed by atoms with Crippen LogP contribution in [0.1, 0.15) is 44.6 Å². The van der Waals surface area contributed by atoms with Crippen LogP contribution in [0.5, 0.6) is 0 Å². The molecule has 1 heterocycles.